The molecule has 7 nitrogen and oxygen atoms in total. The van der Waals surface area contributed by atoms with Gasteiger partial charge in [0.25, 0.3) is 0 Å². The lowest BCUT2D eigenvalue weighted by Crippen LogP contribution is -2.50. The molecule has 4 rings (SSSR count). The maximum atomic E-state index is 12.9. The highest BCUT2D eigenvalue weighted by molar-refractivity contribution is 5.93. The first-order chi connectivity index (χ1) is 14.2. The number of morpholine rings is 1. The van der Waals surface area contributed by atoms with Crippen molar-refractivity contribution in [3.05, 3.63) is 48.5 Å². The van der Waals surface area contributed by atoms with Crippen molar-refractivity contribution in [2.45, 2.75) is 0 Å². The van der Waals surface area contributed by atoms with Crippen molar-refractivity contribution in [1.29, 1.82) is 0 Å². The van der Waals surface area contributed by atoms with Crippen molar-refractivity contribution in [2.24, 2.45) is 0 Å². The number of carbonyl (C=O) groups excluding carboxylic acids is 1. The quantitative estimate of drug-likeness (QED) is 0.861. The maximum absolute atomic E-state index is 12.9. The van der Waals surface area contributed by atoms with Crippen molar-refractivity contribution in [3.8, 4) is 5.75 Å². The molecule has 2 aromatic rings. The molecule has 0 unspecified atom stereocenters. The molecule has 0 aromatic heterocycles. The van der Waals surface area contributed by atoms with Crippen LogP contribution in [0.1, 0.15) is 0 Å². The lowest BCUT2D eigenvalue weighted by molar-refractivity contribution is 0.123. The van der Waals surface area contributed by atoms with Crippen LogP contribution in [0.25, 0.3) is 0 Å². The number of carbonyl (C=O) groups is 1. The van der Waals surface area contributed by atoms with E-state index in [1.54, 1.807) is 7.11 Å². The van der Waals surface area contributed by atoms with Crippen molar-refractivity contribution < 1.29 is 14.3 Å². The summed E-state index contributed by atoms with van der Waals surface area (Å²) in [6.45, 7) is 6.12. The van der Waals surface area contributed by atoms with E-state index in [1.165, 1.54) is 0 Å². The number of ether oxygens (including phenoxy) is 2. The van der Waals surface area contributed by atoms with Gasteiger partial charge in [0.2, 0.25) is 0 Å². The van der Waals surface area contributed by atoms with Crippen molar-refractivity contribution >= 4 is 23.1 Å². The van der Waals surface area contributed by atoms with Gasteiger partial charge in [-0.1, -0.05) is 12.1 Å². The predicted molar refractivity (Wildman–Crippen MR) is 115 cm³/mol. The fraction of sp³-hybridized carbons (Fsp3) is 0.409. The fourth-order valence-electron chi connectivity index (χ4n) is 3.81. The summed E-state index contributed by atoms with van der Waals surface area (Å²) >= 11 is 0. The van der Waals surface area contributed by atoms with Gasteiger partial charge in [0.05, 0.1) is 31.7 Å². The largest absolute Gasteiger partial charge is 0.497 e. The van der Waals surface area contributed by atoms with Crippen LogP contribution in [0.3, 0.4) is 0 Å². The Labute approximate surface area is 171 Å². The van der Waals surface area contributed by atoms with Gasteiger partial charge in [-0.15, -0.1) is 0 Å². The van der Waals surface area contributed by atoms with E-state index in [0.29, 0.717) is 13.1 Å². The van der Waals surface area contributed by atoms with Crippen LogP contribution in [0, 0.1) is 0 Å². The number of nitrogens with one attached hydrogen (secondary N) is 1. The molecule has 0 spiro atoms. The van der Waals surface area contributed by atoms with Crippen LogP contribution in [-0.2, 0) is 4.74 Å². The van der Waals surface area contributed by atoms with Crippen molar-refractivity contribution in [3.63, 3.8) is 0 Å². The Balaban J connectivity index is 1.35. The molecule has 0 saturated carbocycles. The molecule has 0 atom stereocenters. The first-order valence-corrected chi connectivity index (χ1v) is 10.1. The van der Waals surface area contributed by atoms with Crippen molar-refractivity contribution in [2.75, 3.05) is 74.7 Å². The molecular weight excluding hydrogens is 368 g/mol. The number of nitrogens with zero attached hydrogens (tertiary/aromatic N) is 3. The summed E-state index contributed by atoms with van der Waals surface area (Å²) in [5, 5.41) is 3.12. The topological polar surface area (TPSA) is 57.3 Å². The van der Waals surface area contributed by atoms with E-state index in [0.717, 1.165) is 62.2 Å². The second kappa shape index (κ2) is 9.05. The van der Waals surface area contributed by atoms with Gasteiger partial charge in [0.1, 0.15) is 5.75 Å². The Morgan fingerprint density at radius 2 is 1.59 bits per heavy atom. The zero-order chi connectivity index (χ0) is 20.1. The van der Waals surface area contributed by atoms with Gasteiger partial charge in [-0.2, -0.15) is 0 Å². The van der Waals surface area contributed by atoms with Crippen LogP contribution in [0.4, 0.5) is 21.9 Å². The Morgan fingerprint density at radius 3 is 2.28 bits per heavy atom. The van der Waals surface area contributed by atoms with Gasteiger partial charge >= 0.3 is 6.03 Å². The third kappa shape index (κ3) is 4.56. The van der Waals surface area contributed by atoms with Crippen LogP contribution in [0.5, 0.6) is 5.75 Å². The summed E-state index contributed by atoms with van der Waals surface area (Å²) in [4.78, 5) is 19.3. The normalized spacial score (nSPS) is 17.2. The summed E-state index contributed by atoms with van der Waals surface area (Å²) < 4.78 is 10.7. The van der Waals surface area contributed by atoms with E-state index in [4.69, 9.17) is 9.47 Å². The molecule has 154 valence electrons. The number of piperazine rings is 1. The van der Waals surface area contributed by atoms with E-state index in [9.17, 15) is 4.79 Å². The van der Waals surface area contributed by atoms with Crippen LogP contribution in [0.2, 0.25) is 0 Å². The van der Waals surface area contributed by atoms with E-state index in [-0.39, 0.29) is 6.03 Å². The van der Waals surface area contributed by atoms with Gasteiger partial charge < -0.3 is 29.5 Å². The van der Waals surface area contributed by atoms with Crippen LogP contribution in [-0.4, -0.2) is 70.5 Å². The van der Waals surface area contributed by atoms with E-state index >= 15 is 0 Å². The highest BCUT2D eigenvalue weighted by Crippen LogP contribution is 2.27. The SMILES string of the molecule is COc1ccc(N2CCN(C(=O)Nc3ccccc3N3CCOCC3)CC2)cc1. The highest BCUT2D eigenvalue weighted by Gasteiger charge is 2.23. The molecule has 2 amide bonds. The van der Waals surface area contributed by atoms with Crippen LogP contribution in [0.15, 0.2) is 48.5 Å². The molecule has 2 aromatic carbocycles. The monoisotopic (exact) mass is 396 g/mol. The first-order valence-electron chi connectivity index (χ1n) is 10.1. The van der Waals surface area contributed by atoms with Gasteiger partial charge in [0.15, 0.2) is 0 Å². The Bertz CT molecular complexity index is 813. The molecule has 7 heteroatoms. The zero-order valence-electron chi connectivity index (χ0n) is 16.8. The number of rotatable bonds is 4. The van der Waals surface area contributed by atoms with Gasteiger partial charge in [-0.3, -0.25) is 0 Å². The lowest BCUT2D eigenvalue weighted by atomic mass is 10.2. The molecule has 29 heavy (non-hydrogen) atoms. The zero-order valence-corrected chi connectivity index (χ0v) is 16.8. The number of methoxy groups -OCH3 is 1. The highest BCUT2D eigenvalue weighted by atomic mass is 16.5. The van der Waals surface area contributed by atoms with Crippen LogP contribution < -0.4 is 19.9 Å². The molecule has 2 heterocycles. The summed E-state index contributed by atoms with van der Waals surface area (Å²) in [5.41, 5.74) is 3.07. The molecule has 2 aliphatic heterocycles. The van der Waals surface area contributed by atoms with Crippen LogP contribution >= 0.6 is 0 Å². The van der Waals surface area contributed by atoms with Gasteiger partial charge in [0, 0.05) is 45.0 Å². The van der Waals surface area contributed by atoms with Gasteiger partial charge in [-0.05, 0) is 36.4 Å². The predicted octanol–water partition coefficient (Wildman–Crippen LogP) is 2.89. The molecular formula is C22H28N4O3. The number of benzene rings is 2. The number of hydrogen-bond donors (Lipinski definition) is 1. The molecule has 0 aliphatic carbocycles. The molecule has 2 aliphatic rings. The number of amides is 2. The Kier molecular flexibility index (Phi) is 6.05. The van der Waals surface area contributed by atoms with E-state index < -0.39 is 0 Å². The summed E-state index contributed by atoms with van der Waals surface area (Å²) in [5.74, 6) is 0.852. The number of urea groups is 1. The minimum absolute atomic E-state index is 0.0416. The standard InChI is InChI=1S/C22H28N4O3/c1-28-19-8-6-18(7-9-19)24-10-12-26(13-11-24)22(27)23-20-4-2-3-5-21(20)25-14-16-29-17-15-25/h2-9H,10-17H2,1H3,(H,23,27). The molecule has 0 radical (unpaired) electrons. The first kappa shape index (κ1) is 19.4. The second-order valence-corrected chi connectivity index (χ2v) is 7.22. The molecule has 2 fully saturated rings. The Hall–Kier alpha value is -2.93. The second-order valence-electron chi connectivity index (χ2n) is 7.22. The fourth-order valence-corrected chi connectivity index (χ4v) is 3.81. The van der Waals surface area contributed by atoms with Gasteiger partial charge in [-0.25, -0.2) is 4.79 Å². The number of hydrogen-bond acceptors (Lipinski definition) is 5. The Morgan fingerprint density at radius 1 is 0.897 bits per heavy atom. The minimum atomic E-state index is -0.0416. The average molecular weight is 396 g/mol. The number of anilines is 3. The van der Waals surface area contributed by atoms with E-state index in [1.807, 2.05) is 35.2 Å². The maximum Gasteiger partial charge on any atom is 0.322 e. The van der Waals surface area contributed by atoms with E-state index in [2.05, 4.69) is 33.3 Å². The lowest BCUT2D eigenvalue weighted by Gasteiger charge is -2.36. The third-order valence-corrected chi connectivity index (χ3v) is 5.50. The minimum Gasteiger partial charge on any atom is -0.497 e. The molecule has 2 saturated heterocycles. The summed E-state index contributed by atoms with van der Waals surface area (Å²) in [6, 6.07) is 16.0. The average Bonchev–Trinajstić information content (AvgIpc) is 2.80. The molecule has 0 bridgehead atoms. The third-order valence-electron chi connectivity index (χ3n) is 5.50. The smallest absolute Gasteiger partial charge is 0.322 e. The summed E-state index contributed by atoms with van der Waals surface area (Å²) in [7, 11) is 1.67. The van der Waals surface area contributed by atoms with Crippen molar-refractivity contribution in [1.82, 2.24) is 4.90 Å². The molecule has 1 N–H and O–H groups in total. The number of para-hydroxylation sites is 2. The summed E-state index contributed by atoms with van der Waals surface area (Å²) in [6.07, 6.45) is 0.